The third kappa shape index (κ3) is 3.20. The molecule has 1 aliphatic rings. The Morgan fingerprint density at radius 2 is 2.36 bits per heavy atom. The Labute approximate surface area is 83.3 Å². The number of amides is 1. The third-order valence-corrected chi connectivity index (χ3v) is 2.06. The second kappa shape index (κ2) is 4.79. The Bertz CT molecular complexity index is 260. The van der Waals surface area contributed by atoms with Crippen LogP contribution in [0.2, 0.25) is 0 Å². The van der Waals surface area contributed by atoms with Gasteiger partial charge in [-0.3, -0.25) is 4.79 Å². The van der Waals surface area contributed by atoms with Crippen molar-refractivity contribution in [2.45, 2.75) is 32.3 Å². The van der Waals surface area contributed by atoms with E-state index in [1.54, 1.807) is 6.92 Å². The molecule has 1 heterocycles. The van der Waals surface area contributed by atoms with E-state index in [1.165, 1.54) is 0 Å². The van der Waals surface area contributed by atoms with Gasteiger partial charge in [-0.15, -0.1) is 0 Å². The summed E-state index contributed by atoms with van der Waals surface area (Å²) >= 11 is 0. The fraction of sp³-hybridized carbons (Fsp3) is 0.600. The molecule has 14 heavy (non-hydrogen) atoms. The van der Waals surface area contributed by atoms with Crippen LogP contribution in [0.4, 0.5) is 0 Å². The van der Waals surface area contributed by atoms with E-state index in [-0.39, 0.29) is 18.4 Å². The molecule has 78 valence electrons. The fourth-order valence-corrected chi connectivity index (χ4v) is 1.29. The number of hydrogen-bond donors (Lipinski definition) is 1. The zero-order valence-corrected chi connectivity index (χ0v) is 8.34. The number of nitrogens with one attached hydrogen (secondary N) is 1. The molecular formula is C10H15NO3. The van der Waals surface area contributed by atoms with Crippen LogP contribution in [-0.2, 0) is 14.3 Å². The van der Waals surface area contributed by atoms with Gasteiger partial charge in [0.2, 0.25) is 5.91 Å². The van der Waals surface area contributed by atoms with Crippen molar-refractivity contribution >= 4 is 11.9 Å². The second-order valence-corrected chi connectivity index (χ2v) is 3.50. The first-order valence-corrected chi connectivity index (χ1v) is 4.73. The summed E-state index contributed by atoms with van der Waals surface area (Å²) in [5, 5.41) is 2.72. The van der Waals surface area contributed by atoms with E-state index in [4.69, 9.17) is 4.74 Å². The highest BCUT2D eigenvalue weighted by atomic mass is 16.5. The van der Waals surface area contributed by atoms with E-state index in [0.717, 1.165) is 12.8 Å². The zero-order valence-electron chi connectivity index (χ0n) is 8.34. The van der Waals surface area contributed by atoms with Crippen LogP contribution in [-0.4, -0.2) is 24.5 Å². The molecule has 1 saturated heterocycles. The van der Waals surface area contributed by atoms with E-state index < -0.39 is 5.97 Å². The second-order valence-electron chi connectivity index (χ2n) is 3.50. The molecule has 0 radical (unpaired) electrons. The van der Waals surface area contributed by atoms with Crippen LogP contribution < -0.4 is 5.32 Å². The molecule has 1 atom stereocenters. The summed E-state index contributed by atoms with van der Waals surface area (Å²) in [6.45, 7) is 5.75. The maximum atomic E-state index is 11.2. The van der Waals surface area contributed by atoms with Gasteiger partial charge in [0.05, 0.1) is 6.42 Å². The molecule has 1 rings (SSSR count). The van der Waals surface area contributed by atoms with Gasteiger partial charge in [-0.05, 0) is 19.8 Å². The minimum absolute atomic E-state index is 0.0537. The largest absolute Gasteiger partial charge is 0.458 e. The van der Waals surface area contributed by atoms with Gasteiger partial charge in [0.1, 0.15) is 6.10 Å². The Balaban J connectivity index is 2.46. The molecule has 0 aromatic carbocycles. The average molecular weight is 197 g/mol. The lowest BCUT2D eigenvalue weighted by molar-refractivity contribution is -0.145. The van der Waals surface area contributed by atoms with Crippen LogP contribution in [0.3, 0.4) is 0 Å². The lowest BCUT2D eigenvalue weighted by Crippen LogP contribution is -2.25. The average Bonchev–Trinajstić information content (AvgIpc) is 2.29. The number of carbonyl (C=O) groups excluding carboxylic acids is 2. The van der Waals surface area contributed by atoms with E-state index in [2.05, 4.69) is 11.9 Å². The number of rotatable bonds is 2. The lowest BCUT2D eigenvalue weighted by atomic mass is 10.1. The molecule has 4 nitrogen and oxygen atoms in total. The van der Waals surface area contributed by atoms with Crippen molar-refractivity contribution in [2.75, 3.05) is 6.54 Å². The summed E-state index contributed by atoms with van der Waals surface area (Å²) in [6, 6.07) is 0. The van der Waals surface area contributed by atoms with Gasteiger partial charge in [0.25, 0.3) is 0 Å². The van der Waals surface area contributed by atoms with Crippen LogP contribution in [0.1, 0.15) is 26.2 Å². The number of hydrogen-bond acceptors (Lipinski definition) is 3. The predicted molar refractivity (Wildman–Crippen MR) is 51.6 cm³/mol. The van der Waals surface area contributed by atoms with Gasteiger partial charge in [-0.2, -0.15) is 0 Å². The lowest BCUT2D eigenvalue weighted by Gasteiger charge is -2.13. The molecule has 4 heteroatoms. The van der Waals surface area contributed by atoms with Gasteiger partial charge < -0.3 is 10.1 Å². The highest BCUT2D eigenvalue weighted by molar-refractivity contribution is 5.87. The third-order valence-electron chi connectivity index (χ3n) is 2.06. The van der Waals surface area contributed by atoms with E-state index in [9.17, 15) is 9.59 Å². The van der Waals surface area contributed by atoms with Crippen LogP contribution >= 0.6 is 0 Å². The van der Waals surface area contributed by atoms with Crippen LogP contribution in [0.5, 0.6) is 0 Å². The first-order chi connectivity index (χ1) is 6.59. The summed E-state index contributed by atoms with van der Waals surface area (Å²) in [4.78, 5) is 22.3. The van der Waals surface area contributed by atoms with Gasteiger partial charge in [-0.1, -0.05) is 6.58 Å². The summed E-state index contributed by atoms with van der Waals surface area (Å²) < 4.78 is 5.10. The zero-order chi connectivity index (χ0) is 10.6. The molecule has 0 aromatic rings. The smallest absolute Gasteiger partial charge is 0.333 e. The maximum Gasteiger partial charge on any atom is 0.333 e. The Hall–Kier alpha value is -1.32. The normalized spacial score (nSPS) is 22.1. The molecule has 0 aromatic heterocycles. The van der Waals surface area contributed by atoms with Crippen molar-refractivity contribution in [3.8, 4) is 0 Å². The number of carbonyl (C=O) groups is 2. The van der Waals surface area contributed by atoms with Crippen molar-refractivity contribution in [3.63, 3.8) is 0 Å². The summed E-state index contributed by atoms with van der Waals surface area (Å²) in [7, 11) is 0. The van der Waals surface area contributed by atoms with Gasteiger partial charge >= 0.3 is 5.97 Å². The molecule has 1 unspecified atom stereocenters. The quantitative estimate of drug-likeness (QED) is 0.525. The Morgan fingerprint density at radius 1 is 1.64 bits per heavy atom. The first kappa shape index (κ1) is 10.8. The monoisotopic (exact) mass is 197 g/mol. The highest BCUT2D eigenvalue weighted by Gasteiger charge is 2.20. The Kier molecular flexibility index (Phi) is 3.68. The highest BCUT2D eigenvalue weighted by Crippen LogP contribution is 2.11. The molecule has 0 spiro atoms. The van der Waals surface area contributed by atoms with Crippen molar-refractivity contribution in [2.24, 2.45) is 0 Å². The van der Waals surface area contributed by atoms with Crippen LogP contribution in [0.15, 0.2) is 12.2 Å². The van der Waals surface area contributed by atoms with Crippen molar-refractivity contribution in [1.82, 2.24) is 5.32 Å². The minimum atomic E-state index is -0.412. The van der Waals surface area contributed by atoms with Crippen molar-refractivity contribution in [1.29, 1.82) is 0 Å². The van der Waals surface area contributed by atoms with Gasteiger partial charge in [-0.25, -0.2) is 4.79 Å². The summed E-state index contributed by atoms with van der Waals surface area (Å²) in [5.74, 6) is -0.466. The molecule has 1 aliphatic heterocycles. The SMILES string of the molecule is C=C(C)C(=O)OC1CCCNC(=O)C1. The van der Waals surface area contributed by atoms with Crippen LogP contribution in [0.25, 0.3) is 0 Å². The van der Waals surface area contributed by atoms with Crippen molar-refractivity contribution in [3.05, 3.63) is 12.2 Å². The fourth-order valence-electron chi connectivity index (χ4n) is 1.29. The van der Waals surface area contributed by atoms with Crippen LogP contribution in [0, 0.1) is 0 Å². The summed E-state index contributed by atoms with van der Waals surface area (Å²) in [5.41, 5.74) is 0.370. The molecule has 1 fully saturated rings. The molecule has 0 aliphatic carbocycles. The predicted octanol–water partition coefficient (Wildman–Crippen LogP) is 0.774. The molecule has 0 saturated carbocycles. The minimum Gasteiger partial charge on any atom is -0.458 e. The molecule has 0 bridgehead atoms. The Morgan fingerprint density at radius 3 is 3.00 bits per heavy atom. The van der Waals surface area contributed by atoms with E-state index in [1.807, 2.05) is 0 Å². The standard InChI is InChI=1S/C10H15NO3/c1-7(2)10(13)14-8-4-3-5-11-9(12)6-8/h8H,1,3-6H2,2H3,(H,11,12). The maximum absolute atomic E-state index is 11.2. The topological polar surface area (TPSA) is 55.4 Å². The molecular weight excluding hydrogens is 182 g/mol. The molecule has 1 amide bonds. The van der Waals surface area contributed by atoms with Gasteiger partial charge in [0.15, 0.2) is 0 Å². The van der Waals surface area contributed by atoms with Gasteiger partial charge in [0, 0.05) is 12.1 Å². The number of ether oxygens (including phenoxy) is 1. The van der Waals surface area contributed by atoms with E-state index >= 15 is 0 Å². The van der Waals surface area contributed by atoms with Crippen molar-refractivity contribution < 1.29 is 14.3 Å². The summed E-state index contributed by atoms with van der Waals surface area (Å²) in [6.07, 6.45) is 1.55. The molecule has 1 N–H and O–H groups in total. The van der Waals surface area contributed by atoms with E-state index in [0.29, 0.717) is 12.1 Å². The first-order valence-electron chi connectivity index (χ1n) is 4.73. The number of esters is 1.